The third kappa shape index (κ3) is 3.40. The van der Waals surface area contributed by atoms with E-state index in [0.29, 0.717) is 31.2 Å². The standard InChI is InChI=1S/C16H22N2O3/c1-20-14-7-6-13(18-9-8-17-16(18)19)11-15(14)21-10-2-3-12-4-5-12/h6-7,11-12H,2-5,8-10H2,1H3,(H,17,19). The van der Waals surface area contributed by atoms with Crippen LogP contribution in [0.15, 0.2) is 18.2 Å². The van der Waals surface area contributed by atoms with E-state index < -0.39 is 0 Å². The zero-order chi connectivity index (χ0) is 14.7. The third-order valence-corrected chi connectivity index (χ3v) is 4.03. The Hall–Kier alpha value is -1.91. The molecule has 1 saturated carbocycles. The van der Waals surface area contributed by atoms with Crippen molar-refractivity contribution < 1.29 is 14.3 Å². The van der Waals surface area contributed by atoms with E-state index in [1.807, 2.05) is 18.2 Å². The van der Waals surface area contributed by atoms with E-state index in [0.717, 1.165) is 18.0 Å². The second-order valence-electron chi connectivity index (χ2n) is 5.65. The number of hydrogen-bond donors (Lipinski definition) is 1. The molecule has 0 atom stereocenters. The lowest BCUT2D eigenvalue weighted by atomic mass is 10.2. The molecule has 1 aliphatic carbocycles. The lowest BCUT2D eigenvalue weighted by Crippen LogP contribution is -2.27. The number of ether oxygens (including phenoxy) is 2. The lowest BCUT2D eigenvalue weighted by Gasteiger charge is -2.17. The predicted molar refractivity (Wildman–Crippen MR) is 81.2 cm³/mol. The molecule has 5 heteroatoms. The molecule has 1 aromatic rings. The molecular weight excluding hydrogens is 268 g/mol. The molecule has 0 unspecified atom stereocenters. The normalized spacial score (nSPS) is 17.8. The summed E-state index contributed by atoms with van der Waals surface area (Å²) < 4.78 is 11.2. The minimum Gasteiger partial charge on any atom is -0.493 e. The van der Waals surface area contributed by atoms with Gasteiger partial charge in [-0.2, -0.15) is 0 Å². The molecule has 0 bridgehead atoms. The summed E-state index contributed by atoms with van der Waals surface area (Å²) in [4.78, 5) is 13.4. The van der Waals surface area contributed by atoms with Crippen LogP contribution >= 0.6 is 0 Å². The number of benzene rings is 1. The van der Waals surface area contributed by atoms with Gasteiger partial charge in [0.1, 0.15) is 0 Å². The van der Waals surface area contributed by atoms with Crippen molar-refractivity contribution in [3.8, 4) is 11.5 Å². The molecule has 2 fully saturated rings. The van der Waals surface area contributed by atoms with Crippen LogP contribution < -0.4 is 19.7 Å². The predicted octanol–water partition coefficient (Wildman–Crippen LogP) is 2.79. The van der Waals surface area contributed by atoms with Gasteiger partial charge in [0.05, 0.1) is 13.7 Å². The Morgan fingerprint density at radius 2 is 2.19 bits per heavy atom. The fraction of sp³-hybridized carbons (Fsp3) is 0.562. The highest BCUT2D eigenvalue weighted by Gasteiger charge is 2.23. The summed E-state index contributed by atoms with van der Waals surface area (Å²) in [5, 5.41) is 2.80. The third-order valence-electron chi connectivity index (χ3n) is 4.03. The fourth-order valence-corrected chi connectivity index (χ4v) is 2.62. The second-order valence-corrected chi connectivity index (χ2v) is 5.65. The molecule has 1 heterocycles. The molecular formula is C16H22N2O3. The van der Waals surface area contributed by atoms with Crippen LogP contribution in [0.1, 0.15) is 25.7 Å². The van der Waals surface area contributed by atoms with Crippen molar-refractivity contribution in [2.24, 2.45) is 5.92 Å². The van der Waals surface area contributed by atoms with Crippen LogP contribution in [0.25, 0.3) is 0 Å². The Morgan fingerprint density at radius 1 is 1.33 bits per heavy atom. The first kappa shape index (κ1) is 14.0. The Balaban J connectivity index is 1.65. The average Bonchev–Trinajstić information content (AvgIpc) is 3.23. The van der Waals surface area contributed by atoms with E-state index >= 15 is 0 Å². The number of nitrogens with zero attached hydrogens (tertiary/aromatic N) is 1. The van der Waals surface area contributed by atoms with Gasteiger partial charge in [0.15, 0.2) is 11.5 Å². The summed E-state index contributed by atoms with van der Waals surface area (Å²) in [6.07, 6.45) is 5.07. The molecule has 114 valence electrons. The molecule has 2 aliphatic rings. The Bertz CT molecular complexity index is 514. The van der Waals surface area contributed by atoms with Gasteiger partial charge in [-0.05, 0) is 30.9 Å². The van der Waals surface area contributed by atoms with Gasteiger partial charge in [-0.3, -0.25) is 4.90 Å². The lowest BCUT2D eigenvalue weighted by molar-refractivity contribution is 0.252. The van der Waals surface area contributed by atoms with Crippen molar-refractivity contribution in [2.75, 3.05) is 31.7 Å². The molecule has 0 radical (unpaired) electrons. The molecule has 1 N–H and O–H groups in total. The Morgan fingerprint density at radius 3 is 2.86 bits per heavy atom. The van der Waals surface area contributed by atoms with Crippen molar-refractivity contribution in [3.05, 3.63) is 18.2 Å². The molecule has 1 aromatic carbocycles. The second kappa shape index (κ2) is 6.24. The smallest absolute Gasteiger partial charge is 0.321 e. The summed E-state index contributed by atoms with van der Waals surface area (Å²) in [6.45, 7) is 2.07. The SMILES string of the molecule is COc1ccc(N2CCNC2=O)cc1OCCCC1CC1. The zero-order valence-corrected chi connectivity index (χ0v) is 12.4. The molecule has 0 aromatic heterocycles. The highest BCUT2D eigenvalue weighted by molar-refractivity contribution is 5.94. The zero-order valence-electron chi connectivity index (χ0n) is 12.4. The summed E-state index contributed by atoms with van der Waals surface area (Å²) in [6, 6.07) is 5.58. The summed E-state index contributed by atoms with van der Waals surface area (Å²) in [5.74, 6) is 2.35. The Kier molecular flexibility index (Phi) is 4.18. The number of carbonyl (C=O) groups is 1. The van der Waals surface area contributed by atoms with Crippen molar-refractivity contribution in [1.82, 2.24) is 5.32 Å². The first-order chi connectivity index (χ1) is 10.3. The van der Waals surface area contributed by atoms with Crippen molar-refractivity contribution in [1.29, 1.82) is 0 Å². The number of rotatable bonds is 7. The van der Waals surface area contributed by atoms with Gasteiger partial charge in [-0.15, -0.1) is 0 Å². The van der Waals surface area contributed by atoms with Crippen LogP contribution in [0, 0.1) is 5.92 Å². The minimum absolute atomic E-state index is 0.0557. The van der Waals surface area contributed by atoms with Crippen LogP contribution in [0.5, 0.6) is 11.5 Å². The molecule has 2 amide bonds. The number of anilines is 1. The maximum absolute atomic E-state index is 11.7. The Labute approximate surface area is 125 Å². The number of amides is 2. The van der Waals surface area contributed by atoms with Gasteiger partial charge in [-0.25, -0.2) is 4.79 Å². The van der Waals surface area contributed by atoms with Gasteiger partial charge in [0, 0.05) is 24.8 Å². The molecule has 5 nitrogen and oxygen atoms in total. The van der Waals surface area contributed by atoms with Crippen LogP contribution in [0.2, 0.25) is 0 Å². The van der Waals surface area contributed by atoms with Gasteiger partial charge < -0.3 is 14.8 Å². The number of methoxy groups -OCH3 is 1. The van der Waals surface area contributed by atoms with E-state index in [1.54, 1.807) is 12.0 Å². The first-order valence-corrected chi connectivity index (χ1v) is 7.64. The quantitative estimate of drug-likeness (QED) is 0.786. The monoisotopic (exact) mass is 290 g/mol. The number of hydrogen-bond acceptors (Lipinski definition) is 3. The van der Waals surface area contributed by atoms with Crippen LogP contribution in [0.3, 0.4) is 0 Å². The largest absolute Gasteiger partial charge is 0.493 e. The summed E-state index contributed by atoms with van der Waals surface area (Å²) >= 11 is 0. The van der Waals surface area contributed by atoms with E-state index in [-0.39, 0.29) is 6.03 Å². The summed E-state index contributed by atoms with van der Waals surface area (Å²) in [5.41, 5.74) is 0.850. The molecule has 21 heavy (non-hydrogen) atoms. The number of nitrogens with one attached hydrogen (secondary N) is 1. The highest BCUT2D eigenvalue weighted by Crippen LogP contribution is 2.35. The van der Waals surface area contributed by atoms with E-state index in [2.05, 4.69) is 5.32 Å². The van der Waals surface area contributed by atoms with Gasteiger partial charge >= 0.3 is 6.03 Å². The molecule has 3 rings (SSSR count). The molecule has 1 aliphatic heterocycles. The van der Waals surface area contributed by atoms with Crippen LogP contribution in [-0.2, 0) is 0 Å². The maximum atomic E-state index is 11.7. The summed E-state index contributed by atoms with van der Waals surface area (Å²) in [7, 11) is 1.63. The van der Waals surface area contributed by atoms with Gasteiger partial charge in [-0.1, -0.05) is 12.8 Å². The van der Waals surface area contributed by atoms with E-state index in [9.17, 15) is 4.79 Å². The van der Waals surface area contributed by atoms with E-state index in [1.165, 1.54) is 19.3 Å². The van der Waals surface area contributed by atoms with Crippen LogP contribution in [0.4, 0.5) is 10.5 Å². The van der Waals surface area contributed by atoms with Crippen molar-refractivity contribution in [3.63, 3.8) is 0 Å². The van der Waals surface area contributed by atoms with Gasteiger partial charge in [0.25, 0.3) is 0 Å². The minimum atomic E-state index is -0.0557. The first-order valence-electron chi connectivity index (χ1n) is 7.64. The van der Waals surface area contributed by atoms with Crippen molar-refractivity contribution >= 4 is 11.7 Å². The average molecular weight is 290 g/mol. The van der Waals surface area contributed by atoms with Gasteiger partial charge in [0.2, 0.25) is 0 Å². The number of carbonyl (C=O) groups excluding carboxylic acids is 1. The molecule has 1 saturated heterocycles. The number of urea groups is 1. The van der Waals surface area contributed by atoms with Crippen LogP contribution in [-0.4, -0.2) is 32.8 Å². The molecule has 0 spiro atoms. The highest BCUT2D eigenvalue weighted by atomic mass is 16.5. The fourth-order valence-electron chi connectivity index (χ4n) is 2.62. The van der Waals surface area contributed by atoms with Crippen molar-refractivity contribution in [2.45, 2.75) is 25.7 Å². The van der Waals surface area contributed by atoms with E-state index in [4.69, 9.17) is 9.47 Å². The topological polar surface area (TPSA) is 50.8 Å². The maximum Gasteiger partial charge on any atom is 0.321 e.